The fourth-order valence-electron chi connectivity index (χ4n) is 1.53. The molecular formula is C12H24N4. The maximum absolute atomic E-state index is 4.16. The second-order valence-electron chi connectivity index (χ2n) is 5.36. The van der Waals surface area contributed by atoms with Crippen LogP contribution in [0.1, 0.15) is 26.5 Å². The van der Waals surface area contributed by atoms with Gasteiger partial charge in [0.15, 0.2) is 0 Å². The molecule has 0 bridgehead atoms. The Bertz CT molecular complexity index is 311. The molecule has 16 heavy (non-hydrogen) atoms. The SMILES string of the molecule is CN(CCNC(C)(C)C)Cc1ccnn1C. The van der Waals surface area contributed by atoms with Gasteiger partial charge in [-0.25, -0.2) is 0 Å². The lowest BCUT2D eigenvalue weighted by Gasteiger charge is -2.23. The van der Waals surface area contributed by atoms with Crippen LogP contribution in [0.5, 0.6) is 0 Å². The van der Waals surface area contributed by atoms with Crippen LogP contribution < -0.4 is 5.32 Å². The average Bonchev–Trinajstić information content (AvgIpc) is 2.49. The van der Waals surface area contributed by atoms with E-state index in [1.807, 2.05) is 17.9 Å². The number of aromatic nitrogens is 2. The molecule has 0 aliphatic heterocycles. The number of hydrogen-bond donors (Lipinski definition) is 1. The third-order valence-corrected chi connectivity index (χ3v) is 2.50. The summed E-state index contributed by atoms with van der Waals surface area (Å²) in [7, 11) is 4.12. The lowest BCUT2D eigenvalue weighted by molar-refractivity contribution is 0.296. The van der Waals surface area contributed by atoms with E-state index in [0.717, 1.165) is 19.6 Å². The quantitative estimate of drug-likeness (QED) is 0.817. The van der Waals surface area contributed by atoms with E-state index in [1.165, 1.54) is 5.69 Å². The van der Waals surface area contributed by atoms with Crippen molar-refractivity contribution in [2.45, 2.75) is 32.9 Å². The number of rotatable bonds is 5. The minimum Gasteiger partial charge on any atom is -0.311 e. The molecule has 1 aromatic heterocycles. The summed E-state index contributed by atoms with van der Waals surface area (Å²) in [4.78, 5) is 2.30. The van der Waals surface area contributed by atoms with Crippen LogP contribution in [0.25, 0.3) is 0 Å². The van der Waals surface area contributed by atoms with E-state index >= 15 is 0 Å². The summed E-state index contributed by atoms with van der Waals surface area (Å²) in [5.74, 6) is 0. The molecule has 0 saturated heterocycles. The molecule has 4 nitrogen and oxygen atoms in total. The van der Waals surface area contributed by atoms with Crippen molar-refractivity contribution in [1.29, 1.82) is 0 Å². The average molecular weight is 224 g/mol. The van der Waals surface area contributed by atoms with Gasteiger partial charge >= 0.3 is 0 Å². The molecule has 1 aromatic rings. The van der Waals surface area contributed by atoms with E-state index < -0.39 is 0 Å². The molecule has 0 saturated carbocycles. The first-order valence-corrected chi connectivity index (χ1v) is 5.79. The Morgan fingerprint density at radius 1 is 1.44 bits per heavy atom. The van der Waals surface area contributed by atoms with Gasteiger partial charge in [0.25, 0.3) is 0 Å². The highest BCUT2D eigenvalue weighted by Gasteiger charge is 2.09. The van der Waals surface area contributed by atoms with Crippen molar-refractivity contribution in [3.63, 3.8) is 0 Å². The lowest BCUT2D eigenvalue weighted by atomic mass is 10.1. The van der Waals surface area contributed by atoms with E-state index in [1.54, 1.807) is 0 Å². The Morgan fingerprint density at radius 3 is 2.62 bits per heavy atom. The normalized spacial score (nSPS) is 12.4. The van der Waals surface area contributed by atoms with Gasteiger partial charge in [-0.15, -0.1) is 0 Å². The first-order chi connectivity index (χ1) is 7.38. The third kappa shape index (κ3) is 4.77. The fraction of sp³-hybridized carbons (Fsp3) is 0.750. The Hall–Kier alpha value is -0.870. The van der Waals surface area contributed by atoms with E-state index in [0.29, 0.717) is 0 Å². The Balaban J connectivity index is 2.26. The van der Waals surface area contributed by atoms with Gasteiger partial charge in [-0.3, -0.25) is 9.58 Å². The lowest BCUT2D eigenvalue weighted by Crippen LogP contribution is -2.40. The summed E-state index contributed by atoms with van der Waals surface area (Å²) in [6.07, 6.45) is 1.84. The standard InChI is InChI=1S/C12H24N4/c1-12(2,3)13-8-9-15(4)10-11-6-7-14-16(11)5/h6-7,13H,8-10H2,1-5H3. The molecule has 0 aliphatic rings. The number of hydrogen-bond acceptors (Lipinski definition) is 3. The first-order valence-electron chi connectivity index (χ1n) is 5.79. The molecular weight excluding hydrogens is 200 g/mol. The van der Waals surface area contributed by atoms with Crippen LogP contribution in [0.4, 0.5) is 0 Å². The van der Waals surface area contributed by atoms with Crippen molar-refractivity contribution in [3.05, 3.63) is 18.0 Å². The smallest absolute Gasteiger partial charge is 0.0520 e. The molecule has 0 spiro atoms. The fourth-order valence-corrected chi connectivity index (χ4v) is 1.53. The molecule has 0 radical (unpaired) electrons. The van der Waals surface area contributed by atoms with Gasteiger partial charge in [-0.2, -0.15) is 5.10 Å². The van der Waals surface area contributed by atoms with Crippen molar-refractivity contribution in [2.24, 2.45) is 7.05 Å². The van der Waals surface area contributed by atoms with Gasteiger partial charge < -0.3 is 5.32 Å². The highest BCUT2D eigenvalue weighted by molar-refractivity contribution is 4.99. The van der Waals surface area contributed by atoms with Crippen molar-refractivity contribution >= 4 is 0 Å². The van der Waals surface area contributed by atoms with Crippen molar-refractivity contribution < 1.29 is 0 Å². The zero-order valence-corrected chi connectivity index (χ0v) is 11.1. The predicted molar refractivity (Wildman–Crippen MR) is 67.3 cm³/mol. The maximum atomic E-state index is 4.16. The number of aryl methyl sites for hydroxylation is 1. The second kappa shape index (κ2) is 5.46. The van der Waals surface area contributed by atoms with Gasteiger partial charge in [-0.1, -0.05) is 0 Å². The van der Waals surface area contributed by atoms with Crippen LogP contribution in [0.3, 0.4) is 0 Å². The second-order valence-corrected chi connectivity index (χ2v) is 5.36. The molecule has 0 aliphatic carbocycles. The van der Waals surface area contributed by atoms with Crippen LogP contribution in [-0.4, -0.2) is 40.4 Å². The molecule has 1 N–H and O–H groups in total. The van der Waals surface area contributed by atoms with Crippen LogP contribution in [-0.2, 0) is 13.6 Å². The van der Waals surface area contributed by atoms with Crippen LogP contribution in [0, 0.1) is 0 Å². The summed E-state index contributed by atoms with van der Waals surface area (Å²) in [5.41, 5.74) is 1.45. The number of likely N-dealkylation sites (N-methyl/N-ethyl adjacent to an activating group) is 1. The molecule has 1 heterocycles. The molecule has 0 aromatic carbocycles. The first kappa shape index (κ1) is 13.2. The molecule has 0 unspecified atom stereocenters. The van der Waals surface area contributed by atoms with E-state index in [9.17, 15) is 0 Å². The third-order valence-electron chi connectivity index (χ3n) is 2.50. The molecule has 0 atom stereocenters. The van der Waals surface area contributed by atoms with Gasteiger partial charge in [0.2, 0.25) is 0 Å². The Kier molecular flexibility index (Phi) is 4.50. The molecule has 92 valence electrons. The highest BCUT2D eigenvalue weighted by atomic mass is 15.3. The molecule has 4 heteroatoms. The van der Waals surface area contributed by atoms with Gasteiger partial charge in [0.1, 0.15) is 0 Å². The monoisotopic (exact) mass is 224 g/mol. The minimum absolute atomic E-state index is 0.202. The van der Waals surface area contributed by atoms with E-state index in [-0.39, 0.29) is 5.54 Å². The van der Waals surface area contributed by atoms with Gasteiger partial charge in [-0.05, 0) is 33.9 Å². The van der Waals surface area contributed by atoms with Crippen LogP contribution in [0.15, 0.2) is 12.3 Å². The van der Waals surface area contributed by atoms with Gasteiger partial charge in [0.05, 0.1) is 5.69 Å². The van der Waals surface area contributed by atoms with Gasteiger partial charge in [0, 0.05) is 38.4 Å². The van der Waals surface area contributed by atoms with Crippen molar-refractivity contribution in [1.82, 2.24) is 20.0 Å². The molecule has 0 fully saturated rings. The Morgan fingerprint density at radius 2 is 2.12 bits per heavy atom. The maximum Gasteiger partial charge on any atom is 0.0520 e. The largest absolute Gasteiger partial charge is 0.311 e. The zero-order chi connectivity index (χ0) is 12.2. The highest BCUT2D eigenvalue weighted by Crippen LogP contribution is 2.01. The summed E-state index contributed by atoms with van der Waals surface area (Å²) < 4.78 is 1.92. The minimum atomic E-state index is 0.202. The summed E-state index contributed by atoms with van der Waals surface area (Å²) in [5, 5.41) is 7.65. The molecule has 0 amide bonds. The number of nitrogens with zero attached hydrogens (tertiary/aromatic N) is 3. The zero-order valence-electron chi connectivity index (χ0n) is 11.1. The van der Waals surface area contributed by atoms with Crippen molar-refractivity contribution in [2.75, 3.05) is 20.1 Å². The van der Waals surface area contributed by atoms with Crippen LogP contribution >= 0.6 is 0 Å². The van der Waals surface area contributed by atoms with E-state index in [2.05, 4.69) is 49.2 Å². The summed E-state index contributed by atoms with van der Waals surface area (Å²) in [6, 6.07) is 2.06. The summed E-state index contributed by atoms with van der Waals surface area (Å²) >= 11 is 0. The topological polar surface area (TPSA) is 33.1 Å². The summed E-state index contributed by atoms with van der Waals surface area (Å²) in [6.45, 7) is 9.57. The van der Waals surface area contributed by atoms with E-state index in [4.69, 9.17) is 0 Å². The van der Waals surface area contributed by atoms with Crippen LogP contribution in [0.2, 0.25) is 0 Å². The Labute approximate surface area is 98.6 Å². The predicted octanol–water partition coefficient (Wildman–Crippen LogP) is 1.24. The number of nitrogens with one attached hydrogen (secondary N) is 1. The molecule has 1 rings (SSSR count). The van der Waals surface area contributed by atoms with Crippen molar-refractivity contribution in [3.8, 4) is 0 Å².